The number of hydrogen-bond donors (Lipinski definition) is 3. The Bertz CT molecular complexity index is 752. The van der Waals surface area contributed by atoms with Gasteiger partial charge in [0.25, 0.3) is 0 Å². The number of nitrogens with zero attached hydrogens (tertiary/aromatic N) is 2. The Hall–Kier alpha value is -1.16. The molecule has 3 aliphatic rings. The van der Waals surface area contributed by atoms with Crippen molar-refractivity contribution in [2.24, 2.45) is 11.6 Å². The van der Waals surface area contributed by atoms with E-state index in [0.717, 1.165) is 51.1 Å². The molecule has 1 spiro atoms. The summed E-state index contributed by atoms with van der Waals surface area (Å²) < 4.78 is 11.7. The molecule has 2 saturated heterocycles. The van der Waals surface area contributed by atoms with Crippen molar-refractivity contribution in [3.05, 3.63) is 33.3 Å². The van der Waals surface area contributed by atoms with E-state index in [0.29, 0.717) is 39.1 Å². The maximum Gasteiger partial charge on any atom is 0.0966 e. The third-order valence-corrected chi connectivity index (χ3v) is 8.05. The van der Waals surface area contributed by atoms with E-state index < -0.39 is 5.60 Å². The lowest BCUT2D eigenvalue weighted by Crippen LogP contribution is -2.48. The summed E-state index contributed by atoms with van der Waals surface area (Å²) >= 11 is 1.96. The van der Waals surface area contributed by atoms with Crippen LogP contribution in [-0.4, -0.2) is 66.6 Å². The van der Waals surface area contributed by atoms with Crippen LogP contribution in [0.4, 0.5) is 0 Å². The lowest BCUT2D eigenvalue weighted by molar-refractivity contribution is -0.0962. The van der Waals surface area contributed by atoms with Gasteiger partial charge in [0.05, 0.1) is 24.4 Å². The van der Waals surface area contributed by atoms with Crippen LogP contribution in [0.25, 0.3) is 0 Å². The highest BCUT2D eigenvalue weighted by Gasteiger charge is 2.41. The lowest BCUT2D eigenvalue weighted by Gasteiger charge is -2.44. The van der Waals surface area contributed by atoms with Gasteiger partial charge in [-0.3, -0.25) is 4.90 Å². The fourth-order valence-electron chi connectivity index (χ4n) is 4.94. The molecule has 7 nitrogen and oxygen atoms in total. The van der Waals surface area contributed by atoms with Gasteiger partial charge >= 0.3 is 0 Å². The van der Waals surface area contributed by atoms with Crippen LogP contribution < -0.4 is 11.6 Å². The zero-order valence-electron chi connectivity index (χ0n) is 18.1. The second-order valence-electron chi connectivity index (χ2n) is 8.99. The molecule has 1 aromatic rings. The number of piperidine rings is 1. The van der Waals surface area contributed by atoms with E-state index in [1.807, 2.05) is 11.3 Å². The molecule has 3 aliphatic heterocycles. The Morgan fingerprint density at radius 3 is 2.70 bits per heavy atom. The van der Waals surface area contributed by atoms with Crippen molar-refractivity contribution in [2.45, 2.75) is 56.7 Å². The summed E-state index contributed by atoms with van der Waals surface area (Å²) in [5.41, 5.74) is 7.54. The van der Waals surface area contributed by atoms with Gasteiger partial charge in [0, 0.05) is 73.8 Å². The average molecular weight is 437 g/mol. The number of hydrazine groups is 1. The smallest absolute Gasteiger partial charge is 0.0966 e. The van der Waals surface area contributed by atoms with Crippen molar-refractivity contribution in [1.29, 1.82) is 0 Å². The SMILES string of the molecule is CCc1cc2c(s1)CCOC21CCN(C/C(N)=C/N(N)CC2(O)CCOCC2)CC1. The van der Waals surface area contributed by atoms with Gasteiger partial charge in [-0.2, -0.15) is 0 Å². The molecule has 0 saturated carbocycles. The molecule has 8 heteroatoms. The van der Waals surface area contributed by atoms with Crippen molar-refractivity contribution in [2.75, 3.05) is 46.0 Å². The van der Waals surface area contributed by atoms with E-state index >= 15 is 0 Å². The topological polar surface area (TPSA) is 97.2 Å². The fourth-order valence-corrected chi connectivity index (χ4v) is 6.12. The van der Waals surface area contributed by atoms with Crippen LogP contribution in [0.15, 0.2) is 18.0 Å². The zero-order valence-corrected chi connectivity index (χ0v) is 18.9. The van der Waals surface area contributed by atoms with Crippen LogP contribution in [0.2, 0.25) is 0 Å². The molecular weight excluding hydrogens is 400 g/mol. The minimum atomic E-state index is -0.796. The van der Waals surface area contributed by atoms with E-state index in [2.05, 4.69) is 17.9 Å². The largest absolute Gasteiger partial charge is 0.400 e. The third-order valence-electron chi connectivity index (χ3n) is 6.71. The van der Waals surface area contributed by atoms with Crippen molar-refractivity contribution >= 4 is 11.3 Å². The number of ether oxygens (including phenoxy) is 2. The van der Waals surface area contributed by atoms with E-state index in [1.165, 1.54) is 20.3 Å². The summed E-state index contributed by atoms with van der Waals surface area (Å²) in [6, 6.07) is 2.39. The van der Waals surface area contributed by atoms with Crippen molar-refractivity contribution in [1.82, 2.24) is 9.91 Å². The zero-order chi connectivity index (χ0) is 21.2. The normalized spacial score (nSPS) is 24.0. The minimum Gasteiger partial charge on any atom is -0.400 e. The second kappa shape index (κ2) is 9.14. The molecule has 30 heavy (non-hydrogen) atoms. The summed E-state index contributed by atoms with van der Waals surface area (Å²) in [5.74, 6) is 6.11. The minimum absolute atomic E-state index is 0.112. The molecule has 4 heterocycles. The first-order valence-electron chi connectivity index (χ1n) is 11.2. The monoisotopic (exact) mass is 436 g/mol. The molecule has 0 unspecified atom stereocenters. The molecular formula is C22H36N4O3S. The highest BCUT2D eigenvalue weighted by Crippen LogP contribution is 2.44. The number of nitrogens with two attached hydrogens (primary N) is 2. The molecule has 2 fully saturated rings. The van der Waals surface area contributed by atoms with Gasteiger partial charge in [-0.05, 0) is 30.9 Å². The summed E-state index contributed by atoms with van der Waals surface area (Å²) in [5, 5.41) is 12.1. The maximum atomic E-state index is 10.6. The third kappa shape index (κ3) is 4.84. The Morgan fingerprint density at radius 2 is 2.00 bits per heavy atom. The molecule has 5 N–H and O–H groups in total. The number of likely N-dealkylation sites (tertiary alicyclic amines) is 1. The first-order valence-corrected chi connectivity index (χ1v) is 12.0. The van der Waals surface area contributed by atoms with Gasteiger partial charge < -0.3 is 25.3 Å². The van der Waals surface area contributed by atoms with E-state index in [9.17, 15) is 5.11 Å². The number of aliphatic hydroxyl groups is 1. The first kappa shape index (κ1) is 22.0. The van der Waals surface area contributed by atoms with Gasteiger partial charge in [0.15, 0.2) is 0 Å². The highest BCUT2D eigenvalue weighted by molar-refractivity contribution is 7.12. The van der Waals surface area contributed by atoms with E-state index in [4.69, 9.17) is 21.1 Å². The number of hydrogen-bond acceptors (Lipinski definition) is 8. The predicted octanol–water partition coefficient (Wildman–Crippen LogP) is 1.69. The second-order valence-corrected chi connectivity index (χ2v) is 10.2. The van der Waals surface area contributed by atoms with Crippen molar-refractivity contribution < 1.29 is 14.6 Å². The van der Waals surface area contributed by atoms with Crippen LogP contribution in [0.5, 0.6) is 0 Å². The number of fused-ring (bicyclic) bond motifs is 2. The molecule has 0 bridgehead atoms. The number of rotatable bonds is 6. The molecule has 168 valence electrons. The van der Waals surface area contributed by atoms with Crippen molar-refractivity contribution in [3.63, 3.8) is 0 Å². The van der Waals surface area contributed by atoms with Crippen molar-refractivity contribution in [3.8, 4) is 0 Å². The van der Waals surface area contributed by atoms with Gasteiger partial charge in [-0.1, -0.05) is 6.92 Å². The highest BCUT2D eigenvalue weighted by atomic mass is 32.1. The van der Waals surface area contributed by atoms with E-state index in [1.54, 1.807) is 6.20 Å². The predicted molar refractivity (Wildman–Crippen MR) is 119 cm³/mol. The summed E-state index contributed by atoms with van der Waals surface area (Å²) in [6.45, 7) is 7.17. The van der Waals surface area contributed by atoms with Crippen LogP contribution >= 0.6 is 11.3 Å². The number of aryl methyl sites for hydroxylation is 1. The van der Waals surface area contributed by atoms with Crippen LogP contribution in [-0.2, 0) is 27.9 Å². The maximum absolute atomic E-state index is 10.6. The quantitative estimate of drug-likeness (QED) is 0.461. The molecule has 0 aliphatic carbocycles. The van der Waals surface area contributed by atoms with Gasteiger partial charge in [0.1, 0.15) is 0 Å². The summed E-state index contributed by atoms with van der Waals surface area (Å²) in [7, 11) is 0. The Balaban J connectivity index is 1.31. The molecule has 0 atom stereocenters. The van der Waals surface area contributed by atoms with Crippen LogP contribution in [0.3, 0.4) is 0 Å². The van der Waals surface area contributed by atoms with Gasteiger partial charge in [0.2, 0.25) is 0 Å². The Kier molecular flexibility index (Phi) is 6.72. The van der Waals surface area contributed by atoms with Gasteiger partial charge in [-0.15, -0.1) is 11.3 Å². The average Bonchev–Trinajstić information content (AvgIpc) is 3.15. The van der Waals surface area contributed by atoms with Gasteiger partial charge in [-0.25, -0.2) is 5.84 Å². The fraction of sp³-hybridized carbons (Fsp3) is 0.727. The summed E-state index contributed by atoms with van der Waals surface area (Å²) in [4.78, 5) is 5.36. The molecule has 4 rings (SSSR count). The standard InChI is InChI=1S/C22H36N4O3S/c1-2-18-13-19-20(30-18)3-10-29-22(19)4-8-25(9-5-22)14-17(23)15-26(24)16-21(27)6-11-28-12-7-21/h13,15,27H,2-12,14,16,23-24H2,1H3/b17-15-. The molecule has 0 radical (unpaired) electrons. The lowest BCUT2D eigenvalue weighted by atomic mass is 9.82. The first-order chi connectivity index (χ1) is 14.4. The molecule has 0 aromatic carbocycles. The Labute approximate surface area is 183 Å². The van der Waals surface area contributed by atoms with E-state index in [-0.39, 0.29) is 5.60 Å². The summed E-state index contributed by atoms with van der Waals surface area (Å²) in [6.07, 6.45) is 7.11. The Morgan fingerprint density at radius 1 is 1.27 bits per heavy atom. The van der Waals surface area contributed by atoms with Crippen LogP contribution in [0.1, 0.15) is 47.9 Å². The molecule has 0 amide bonds. The molecule has 1 aromatic heterocycles. The number of thiophene rings is 1. The van der Waals surface area contributed by atoms with Crippen LogP contribution in [0, 0.1) is 0 Å².